The van der Waals surface area contributed by atoms with Gasteiger partial charge in [0, 0.05) is 11.3 Å². The van der Waals surface area contributed by atoms with Crippen molar-refractivity contribution in [2.45, 2.75) is 25.5 Å². The minimum absolute atomic E-state index is 0.166. The number of ether oxygens (including phenoxy) is 1. The van der Waals surface area contributed by atoms with E-state index in [-0.39, 0.29) is 18.0 Å². The summed E-state index contributed by atoms with van der Waals surface area (Å²) in [7, 11) is 0. The van der Waals surface area contributed by atoms with Crippen LogP contribution in [0.15, 0.2) is 84.9 Å². The summed E-state index contributed by atoms with van der Waals surface area (Å²) in [5.41, 5.74) is 1.45. The molecule has 0 aliphatic rings. The predicted octanol–water partition coefficient (Wildman–Crippen LogP) is 4.26. The van der Waals surface area contributed by atoms with Gasteiger partial charge in [0.1, 0.15) is 5.82 Å². The molecule has 32 heavy (non-hydrogen) atoms. The number of anilines is 1. The lowest BCUT2D eigenvalue weighted by Crippen LogP contribution is -2.33. The van der Waals surface area contributed by atoms with E-state index < -0.39 is 29.8 Å². The summed E-state index contributed by atoms with van der Waals surface area (Å²) in [5, 5.41) is 5.35. The third-order valence-electron chi connectivity index (χ3n) is 4.68. The highest BCUT2D eigenvalue weighted by atomic mass is 19.1. The van der Waals surface area contributed by atoms with Crippen LogP contribution in [0.3, 0.4) is 0 Å². The van der Waals surface area contributed by atoms with Crippen LogP contribution in [0.1, 0.15) is 35.3 Å². The predicted molar refractivity (Wildman–Crippen MR) is 118 cm³/mol. The fourth-order valence-electron chi connectivity index (χ4n) is 3.04. The van der Waals surface area contributed by atoms with Crippen molar-refractivity contribution in [3.8, 4) is 0 Å². The Balaban J connectivity index is 1.64. The monoisotopic (exact) mass is 434 g/mol. The zero-order valence-electron chi connectivity index (χ0n) is 17.5. The van der Waals surface area contributed by atoms with Crippen molar-refractivity contribution in [1.82, 2.24) is 5.32 Å². The van der Waals surface area contributed by atoms with Gasteiger partial charge in [-0.3, -0.25) is 14.4 Å². The number of benzene rings is 3. The lowest BCUT2D eigenvalue weighted by Gasteiger charge is -2.20. The van der Waals surface area contributed by atoms with Crippen molar-refractivity contribution in [2.24, 2.45) is 0 Å². The van der Waals surface area contributed by atoms with Gasteiger partial charge in [0.05, 0.1) is 12.5 Å². The summed E-state index contributed by atoms with van der Waals surface area (Å²) in [5.74, 6) is -2.07. The first-order chi connectivity index (χ1) is 15.4. The van der Waals surface area contributed by atoms with E-state index in [9.17, 15) is 18.8 Å². The fourth-order valence-corrected chi connectivity index (χ4v) is 3.04. The van der Waals surface area contributed by atoms with Crippen LogP contribution in [0.4, 0.5) is 10.1 Å². The number of hydrogen-bond acceptors (Lipinski definition) is 4. The molecule has 0 radical (unpaired) electrons. The highest BCUT2D eigenvalue weighted by Gasteiger charge is 2.23. The maximum absolute atomic E-state index is 13.3. The lowest BCUT2D eigenvalue weighted by atomic mass is 10.0. The van der Waals surface area contributed by atoms with Crippen LogP contribution >= 0.6 is 0 Å². The maximum atomic E-state index is 13.3. The fraction of sp³-hybridized carbons (Fsp3) is 0.160. The largest absolute Gasteiger partial charge is 0.452 e. The number of hydrogen-bond donors (Lipinski definition) is 2. The molecule has 164 valence electrons. The number of carbonyl (C=O) groups excluding carboxylic acids is 3. The second-order valence-electron chi connectivity index (χ2n) is 7.14. The maximum Gasteiger partial charge on any atom is 0.309 e. The lowest BCUT2D eigenvalue weighted by molar-refractivity contribution is -0.153. The quantitative estimate of drug-likeness (QED) is 0.519. The minimum Gasteiger partial charge on any atom is -0.452 e. The van der Waals surface area contributed by atoms with E-state index in [1.54, 1.807) is 54.6 Å². The second kappa shape index (κ2) is 10.9. The van der Waals surface area contributed by atoms with Crippen molar-refractivity contribution in [1.29, 1.82) is 0 Å². The summed E-state index contributed by atoms with van der Waals surface area (Å²) < 4.78 is 18.5. The molecule has 3 aromatic carbocycles. The van der Waals surface area contributed by atoms with Crippen molar-refractivity contribution in [2.75, 3.05) is 5.32 Å². The molecule has 0 aliphatic heterocycles. The molecule has 0 bridgehead atoms. The van der Waals surface area contributed by atoms with Gasteiger partial charge in [-0.15, -0.1) is 0 Å². The number of nitrogens with one attached hydrogen (secondary N) is 2. The Morgan fingerprint density at radius 3 is 2.22 bits per heavy atom. The SMILES string of the molecule is CC(OC(=O)CC(NC(=O)c1ccccc1)c1ccccc1)C(=O)Nc1cccc(F)c1. The average molecular weight is 434 g/mol. The second-order valence-corrected chi connectivity index (χ2v) is 7.14. The van der Waals surface area contributed by atoms with Gasteiger partial charge >= 0.3 is 5.97 Å². The van der Waals surface area contributed by atoms with E-state index in [1.165, 1.54) is 25.1 Å². The number of rotatable bonds is 8. The molecule has 3 aromatic rings. The van der Waals surface area contributed by atoms with Gasteiger partial charge in [0.2, 0.25) is 0 Å². The van der Waals surface area contributed by atoms with Crippen LogP contribution in [-0.2, 0) is 14.3 Å². The van der Waals surface area contributed by atoms with Gasteiger partial charge in [-0.2, -0.15) is 0 Å². The summed E-state index contributed by atoms with van der Waals surface area (Å²) in [6.45, 7) is 1.42. The van der Waals surface area contributed by atoms with Crippen molar-refractivity contribution < 1.29 is 23.5 Å². The van der Waals surface area contributed by atoms with Crippen LogP contribution in [0, 0.1) is 5.82 Å². The molecule has 0 spiro atoms. The molecule has 2 amide bonds. The topological polar surface area (TPSA) is 84.5 Å². The Labute approximate surface area is 185 Å². The summed E-state index contributed by atoms with van der Waals surface area (Å²) in [4.78, 5) is 37.5. The summed E-state index contributed by atoms with van der Waals surface area (Å²) >= 11 is 0. The molecule has 7 heteroatoms. The molecule has 0 aliphatic carbocycles. The van der Waals surface area contributed by atoms with Gasteiger partial charge in [0.15, 0.2) is 6.10 Å². The van der Waals surface area contributed by atoms with Crippen molar-refractivity contribution in [3.05, 3.63) is 102 Å². The van der Waals surface area contributed by atoms with Crippen molar-refractivity contribution >= 4 is 23.5 Å². The molecule has 0 fully saturated rings. The van der Waals surface area contributed by atoms with E-state index in [0.717, 1.165) is 11.6 Å². The van der Waals surface area contributed by atoms with E-state index in [4.69, 9.17) is 4.74 Å². The Hall–Kier alpha value is -4.00. The van der Waals surface area contributed by atoms with Gasteiger partial charge < -0.3 is 15.4 Å². The zero-order chi connectivity index (χ0) is 22.9. The first kappa shape index (κ1) is 22.7. The molecule has 6 nitrogen and oxygen atoms in total. The number of esters is 1. The summed E-state index contributed by atoms with van der Waals surface area (Å²) in [6, 6.07) is 22.4. The smallest absolute Gasteiger partial charge is 0.309 e. The highest BCUT2D eigenvalue weighted by Crippen LogP contribution is 2.19. The molecule has 0 saturated heterocycles. The van der Waals surface area contributed by atoms with Crippen LogP contribution < -0.4 is 10.6 Å². The standard InChI is InChI=1S/C25H23FN2O4/c1-17(24(30)27-21-14-8-13-20(26)15-21)32-23(29)16-22(18-9-4-2-5-10-18)28-25(31)19-11-6-3-7-12-19/h2-15,17,22H,16H2,1H3,(H,27,30)(H,28,31). The number of carbonyl (C=O) groups is 3. The Morgan fingerprint density at radius 2 is 1.56 bits per heavy atom. The van der Waals surface area contributed by atoms with E-state index in [2.05, 4.69) is 10.6 Å². The molecule has 3 rings (SSSR count). The average Bonchev–Trinajstić information content (AvgIpc) is 2.79. The molecule has 0 heterocycles. The van der Waals surface area contributed by atoms with Crippen LogP contribution in [0.25, 0.3) is 0 Å². The van der Waals surface area contributed by atoms with Crippen LogP contribution in [-0.4, -0.2) is 23.9 Å². The molecule has 2 unspecified atom stereocenters. The van der Waals surface area contributed by atoms with Gasteiger partial charge in [-0.05, 0) is 42.8 Å². The van der Waals surface area contributed by atoms with Gasteiger partial charge in [-0.1, -0.05) is 54.6 Å². The Bertz CT molecular complexity index is 1070. The first-order valence-corrected chi connectivity index (χ1v) is 10.1. The van der Waals surface area contributed by atoms with E-state index in [1.807, 2.05) is 6.07 Å². The molecule has 0 aromatic heterocycles. The Kier molecular flexibility index (Phi) is 7.70. The van der Waals surface area contributed by atoms with E-state index >= 15 is 0 Å². The van der Waals surface area contributed by atoms with Gasteiger partial charge in [-0.25, -0.2) is 4.39 Å². The minimum atomic E-state index is -1.10. The normalized spacial score (nSPS) is 12.3. The molecular formula is C25H23FN2O4. The Morgan fingerprint density at radius 1 is 0.906 bits per heavy atom. The first-order valence-electron chi connectivity index (χ1n) is 10.1. The number of halogens is 1. The van der Waals surface area contributed by atoms with E-state index in [0.29, 0.717) is 5.56 Å². The molecule has 0 saturated carbocycles. The van der Waals surface area contributed by atoms with Crippen LogP contribution in [0.5, 0.6) is 0 Å². The molecule has 2 atom stereocenters. The summed E-state index contributed by atoms with van der Waals surface area (Å²) in [6.07, 6.45) is -1.27. The zero-order valence-corrected chi connectivity index (χ0v) is 17.5. The van der Waals surface area contributed by atoms with Crippen LogP contribution in [0.2, 0.25) is 0 Å². The van der Waals surface area contributed by atoms with Gasteiger partial charge in [0.25, 0.3) is 11.8 Å². The van der Waals surface area contributed by atoms with Crippen molar-refractivity contribution in [3.63, 3.8) is 0 Å². The molecule has 2 N–H and O–H groups in total. The number of amides is 2. The third-order valence-corrected chi connectivity index (χ3v) is 4.68. The third kappa shape index (κ3) is 6.50. The molecular weight excluding hydrogens is 411 g/mol. The highest BCUT2D eigenvalue weighted by molar-refractivity contribution is 5.96.